The average molecular weight is 674 g/mol. The van der Waals surface area contributed by atoms with Gasteiger partial charge >= 0.3 is 6.01 Å². The van der Waals surface area contributed by atoms with Gasteiger partial charge in [0, 0.05) is 52.8 Å². The Morgan fingerprint density at radius 1 is 1.09 bits per heavy atom. The van der Waals surface area contributed by atoms with Gasteiger partial charge in [0.05, 0.1) is 16.1 Å². The molecule has 7 rings (SSSR count). The Balaban J connectivity index is 1.42. The number of aromatic nitrogens is 2. The summed E-state index contributed by atoms with van der Waals surface area (Å²) in [4.78, 5) is 13.6. The summed E-state index contributed by atoms with van der Waals surface area (Å²) in [7, 11) is 0. The van der Waals surface area contributed by atoms with Crippen molar-refractivity contribution >= 4 is 50.7 Å². The SMILES string of the molecule is C[C@@H]1CCC(C)(C)CN(c2nc(OC[C@@]34CCCN3C[C@H](F)C4)nc3c(F)c(-c4cc(O)c(Cl)c5cccc(Cl)c45)c(F)cc23)C1. The maximum Gasteiger partial charge on any atom is 0.319 e. The van der Waals surface area contributed by atoms with E-state index < -0.39 is 28.9 Å². The minimum absolute atomic E-state index is 0.0313. The Morgan fingerprint density at radius 2 is 1.89 bits per heavy atom. The fraction of sp³-hybridized carbons (Fsp3) is 0.486. The number of fused-ring (bicyclic) bond motifs is 3. The Hall–Kier alpha value is -3.01. The monoisotopic (exact) mass is 672 g/mol. The number of anilines is 1. The van der Waals surface area contributed by atoms with Gasteiger partial charge in [-0.15, -0.1) is 0 Å². The normalized spacial score (nSPS) is 24.9. The van der Waals surface area contributed by atoms with Crippen molar-refractivity contribution in [3.8, 4) is 22.9 Å². The largest absolute Gasteiger partial charge is 0.506 e. The topological polar surface area (TPSA) is 61.7 Å². The molecular weight excluding hydrogens is 636 g/mol. The van der Waals surface area contributed by atoms with E-state index in [0.29, 0.717) is 48.6 Å². The van der Waals surface area contributed by atoms with Crippen LogP contribution < -0.4 is 9.64 Å². The number of halogens is 5. The van der Waals surface area contributed by atoms with Crippen molar-refractivity contribution in [2.45, 2.75) is 64.6 Å². The average Bonchev–Trinajstić information content (AvgIpc) is 3.48. The molecule has 0 saturated carbocycles. The summed E-state index contributed by atoms with van der Waals surface area (Å²) in [5.74, 6) is -1.40. The second-order valence-electron chi connectivity index (χ2n) is 14.2. The van der Waals surface area contributed by atoms with Crippen LogP contribution in [-0.2, 0) is 0 Å². The van der Waals surface area contributed by atoms with E-state index in [1.54, 1.807) is 18.2 Å². The highest BCUT2D eigenvalue weighted by molar-refractivity contribution is 6.41. The van der Waals surface area contributed by atoms with Crippen LogP contribution in [0.5, 0.6) is 11.8 Å². The Kier molecular flexibility index (Phi) is 7.96. The number of benzene rings is 3. The van der Waals surface area contributed by atoms with E-state index in [9.17, 15) is 9.50 Å². The smallest absolute Gasteiger partial charge is 0.319 e. The minimum Gasteiger partial charge on any atom is -0.506 e. The molecule has 3 atom stereocenters. The van der Waals surface area contributed by atoms with Gasteiger partial charge in [0.15, 0.2) is 5.82 Å². The molecule has 3 saturated heterocycles. The number of ether oxygens (including phenoxy) is 1. The summed E-state index contributed by atoms with van der Waals surface area (Å²) < 4.78 is 54.0. The molecule has 0 spiro atoms. The summed E-state index contributed by atoms with van der Waals surface area (Å²) in [6.07, 6.45) is 3.19. The zero-order valence-corrected chi connectivity index (χ0v) is 27.7. The zero-order chi connectivity index (χ0) is 32.5. The van der Waals surface area contributed by atoms with Gasteiger partial charge < -0.3 is 14.7 Å². The van der Waals surface area contributed by atoms with Gasteiger partial charge in [0.1, 0.15) is 35.7 Å². The molecule has 0 amide bonds. The highest BCUT2D eigenvalue weighted by Gasteiger charge is 2.49. The molecular formula is C35H37Cl2F3N4O2. The van der Waals surface area contributed by atoms with E-state index in [1.807, 2.05) is 0 Å². The van der Waals surface area contributed by atoms with E-state index in [1.165, 1.54) is 12.1 Å². The highest BCUT2D eigenvalue weighted by Crippen LogP contribution is 2.46. The van der Waals surface area contributed by atoms with E-state index in [0.717, 1.165) is 32.2 Å². The van der Waals surface area contributed by atoms with Gasteiger partial charge in [-0.3, -0.25) is 4.90 Å². The molecule has 0 bridgehead atoms. The Labute approximate surface area is 276 Å². The summed E-state index contributed by atoms with van der Waals surface area (Å²) in [6.45, 7) is 9.14. The first-order valence-corrected chi connectivity index (χ1v) is 16.7. The second kappa shape index (κ2) is 11.6. The van der Waals surface area contributed by atoms with E-state index in [2.05, 4.69) is 35.6 Å². The molecule has 3 aliphatic heterocycles. The molecule has 4 aromatic rings. The molecule has 0 unspecified atom stereocenters. The fourth-order valence-electron chi connectivity index (χ4n) is 7.87. The first-order valence-electron chi connectivity index (χ1n) is 15.9. The van der Waals surface area contributed by atoms with Crippen molar-refractivity contribution in [1.82, 2.24) is 14.9 Å². The number of hydrogen-bond donors (Lipinski definition) is 1. The first kappa shape index (κ1) is 31.6. The number of rotatable bonds is 5. The van der Waals surface area contributed by atoms with Crippen LogP contribution in [0, 0.1) is 23.0 Å². The summed E-state index contributed by atoms with van der Waals surface area (Å²) in [5, 5.41) is 11.8. The van der Waals surface area contributed by atoms with Crippen molar-refractivity contribution in [3.05, 3.63) is 52.0 Å². The molecule has 1 N–H and O–H groups in total. The lowest BCUT2D eigenvalue weighted by Gasteiger charge is -2.32. The van der Waals surface area contributed by atoms with Crippen LogP contribution in [0.15, 0.2) is 30.3 Å². The maximum atomic E-state index is 16.9. The van der Waals surface area contributed by atoms with Crippen molar-refractivity contribution in [3.63, 3.8) is 0 Å². The zero-order valence-electron chi connectivity index (χ0n) is 26.1. The maximum absolute atomic E-state index is 16.9. The van der Waals surface area contributed by atoms with Crippen molar-refractivity contribution in [2.24, 2.45) is 11.3 Å². The lowest BCUT2D eigenvalue weighted by atomic mass is 9.87. The third kappa shape index (κ3) is 5.42. The molecule has 244 valence electrons. The third-order valence-electron chi connectivity index (χ3n) is 10.1. The van der Waals surface area contributed by atoms with Crippen LogP contribution in [0.1, 0.15) is 52.9 Å². The molecule has 4 heterocycles. The molecule has 3 fully saturated rings. The van der Waals surface area contributed by atoms with Crippen molar-refractivity contribution in [2.75, 3.05) is 37.7 Å². The van der Waals surface area contributed by atoms with E-state index >= 15 is 8.78 Å². The van der Waals surface area contributed by atoms with Crippen molar-refractivity contribution in [1.29, 1.82) is 0 Å². The van der Waals surface area contributed by atoms with Crippen LogP contribution in [0.25, 0.3) is 32.8 Å². The van der Waals surface area contributed by atoms with Gasteiger partial charge in [-0.1, -0.05) is 56.1 Å². The predicted molar refractivity (Wildman–Crippen MR) is 177 cm³/mol. The van der Waals surface area contributed by atoms with Crippen LogP contribution in [0.3, 0.4) is 0 Å². The number of hydrogen-bond acceptors (Lipinski definition) is 6. The van der Waals surface area contributed by atoms with Crippen LogP contribution in [0.4, 0.5) is 19.0 Å². The number of phenolic OH excluding ortho intramolecular Hbond substituents is 1. The number of aromatic hydroxyl groups is 1. The summed E-state index contributed by atoms with van der Waals surface area (Å²) in [5.41, 5.74) is -0.988. The predicted octanol–water partition coefficient (Wildman–Crippen LogP) is 8.96. The van der Waals surface area contributed by atoms with E-state index in [4.69, 9.17) is 32.9 Å². The molecule has 46 heavy (non-hydrogen) atoms. The fourth-order valence-corrected chi connectivity index (χ4v) is 8.36. The summed E-state index contributed by atoms with van der Waals surface area (Å²) in [6, 6.07) is 7.33. The minimum atomic E-state index is -0.932. The second-order valence-corrected chi connectivity index (χ2v) is 15.0. The molecule has 11 heteroatoms. The molecule has 3 aliphatic rings. The number of phenols is 1. The molecule has 1 aromatic heterocycles. The number of alkyl halides is 1. The third-order valence-corrected chi connectivity index (χ3v) is 10.8. The Bertz CT molecular complexity index is 1860. The van der Waals surface area contributed by atoms with Crippen LogP contribution >= 0.6 is 23.2 Å². The van der Waals surface area contributed by atoms with Gasteiger partial charge in [-0.2, -0.15) is 9.97 Å². The van der Waals surface area contributed by atoms with Gasteiger partial charge in [-0.05, 0) is 61.8 Å². The highest BCUT2D eigenvalue weighted by atomic mass is 35.5. The molecule has 0 aliphatic carbocycles. The van der Waals surface area contributed by atoms with Crippen LogP contribution in [-0.4, -0.2) is 64.5 Å². The standard InChI is InChI=1S/C35H37Cl2F3N4O2/c1-19-8-10-34(2,3)17-43(15-19)32-23-12-25(39)28(22-13-26(45)29(37)21-6-4-7-24(36)27(21)22)30(40)31(23)41-33(42-32)46-18-35-9-5-11-44(35)16-20(38)14-35/h4,6-7,12-13,19-20,45H,5,8-11,14-18H2,1-3H3/t19-,20-,35+/m1/s1. The molecule has 3 aromatic carbocycles. The van der Waals surface area contributed by atoms with E-state index in [-0.39, 0.29) is 50.3 Å². The number of nitrogens with zero attached hydrogens (tertiary/aromatic N) is 4. The lowest BCUT2D eigenvalue weighted by Crippen LogP contribution is -2.43. The first-order chi connectivity index (χ1) is 21.9. The Morgan fingerprint density at radius 3 is 2.70 bits per heavy atom. The van der Waals surface area contributed by atoms with Gasteiger partial charge in [0.2, 0.25) is 0 Å². The van der Waals surface area contributed by atoms with Gasteiger partial charge in [0.25, 0.3) is 0 Å². The quantitative estimate of drug-likeness (QED) is 0.228. The summed E-state index contributed by atoms with van der Waals surface area (Å²) >= 11 is 12.9. The lowest BCUT2D eigenvalue weighted by molar-refractivity contribution is 0.107. The van der Waals surface area contributed by atoms with Gasteiger partial charge in [-0.25, -0.2) is 13.2 Å². The van der Waals surface area contributed by atoms with Crippen molar-refractivity contribution < 1.29 is 23.0 Å². The molecule has 6 nitrogen and oxygen atoms in total. The molecule has 0 radical (unpaired) electrons. The van der Waals surface area contributed by atoms with Crippen LogP contribution in [0.2, 0.25) is 10.0 Å².